The Morgan fingerprint density at radius 2 is 2.42 bits per heavy atom. The predicted octanol–water partition coefficient (Wildman–Crippen LogP) is 1.91. The highest BCUT2D eigenvalue weighted by molar-refractivity contribution is 6.25. The second kappa shape index (κ2) is 4.12. The Labute approximate surface area is 76.1 Å². The summed E-state index contributed by atoms with van der Waals surface area (Å²) in [5, 5.41) is 0. The van der Waals surface area contributed by atoms with Crippen LogP contribution in [0.3, 0.4) is 0 Å². The van der Waals surface area contributed by atoms with Crippen LogP contribution in [0.4, 0.5) is 0 Å². The summed E-state index contributed by atoms with van der Waals surface area (Å²) in [6, 6.07) is 3.49. The molecule has 0 aliphatic rings. The molecule has 0 saturated carbocycles. The molecule has 0 aromatic carbocycles. The molecule has 0 spiro atoms. The topological polar surface area (TPSA) is 22.0 Å². The van der Waals surface area contributed by atoms with Crippen molar-refractivity contribution in [2.45, 2.75) is 13.5 Å². The van der Waals surface area contributed by atoms with E-state index < -0.39 is 0 Å². The van der Waals surface area contributed by atoms with E-state index in [9.17, 15) is 4.79 Å². The van der Waals surface area contributed by atoms with E-state index in [1.165, 1.54) is 5.54 Å². The van der Waals surface area contributed by atoms with Gasteiger partial charge in [0.05, 0.1) is 0 Å². The lowest BCUT2D eigenvalue weighted by Gasteiger charge is -2.00. The van der Waals surface area contributed by atoms with Gasteiger partial charge in [-0.05, 0) is 18.6 Å². The third-order valence-electron chi connectivity index (χ3n) is 1.54. The first-order valence-electron chi connectivity index (χ1n) is 3.66. The van der Waals surface area contributed by atoms with Crippen molar-refractivity contribution in [2.24, 2.45) is 0 Å². The zero-order chi connectivity index (χ0) is 8.97. The van der Waals surface area contributed by atoms with Gasteiger partial charge in [0, 0.05) is 24.3 Å². The molecule has 1 aromatic heterocycles. The van der Waals surface area contributed by atoms with Gasteiger partial charge in [-0.1, -0.05) is 17.7 Å². The maximum Gasteiger partial charge on any atom is 0.251 e. The second-order valence-electron chi connectivity index (χ2n) is 2.56. The average Bonchev–Trinajstić information content (AvgIpc) is 2.03. The number of allylic oxidation sites excluding steroid dienone is 1. The van der Waals surface area contributed by atoms with Crippen molar-refractivity contribution in [2.75, 3.05) is 0 Å². The van der Waals surface area contributed by atoms with Crippen molar-refractivity contribution < 1.29 is 0 Å². The number of halogens is 1. The van der Waals surface area contributed by atoms with Crippen LogP contribution >= 0.6 is 11.6 Å². The first-order valence-corrected chi connectivity index (χ1v) is 4.10. The van der Waals surface area contributed by atoms with Crippen molar-refractivity contribution in [3.05, 3.63) is 45.9 Å². The third-order valence-corrected chi connectivity index (χ3v) is 1.72. The quantitative estimate of drug-likeness (QED) is 0.687. The smallest absolute Gasteiger partial charge is 0.251 e. The molecule has 0 saturated heterocycles. The van der Waals surface area contributed by atoms with Gasteiger partial charge in [0.15, 0.2) is 0 Å². The van der Waals surface area contributed by atoms with Crippen LogP contribution in [-0.2, 0) is 6.54 Å². The van der Waals surface area contributed by atoms with Crippen LogP contribution in [0.5, 0.6) is 0 Å². The monoisotopic (exact) mass is 183 g/mol. The molecule has 1 aromatic rings. The predicted molar refractivity (Wildman–Crippen MR) is 50.4 cm³/mol. The van der Waals surface area contributed by atoms with Gasteiger partial charge in [-0.15, -0.1) is 0 Å². The Balaban J connectivity index is 2.94. The maximum atomic E-state index is 11.2. The minimum absolute atomic E-state index is 0.00441. The fraction of sp³-hybridized carbons (Fsp3) is 0.222. The van der Waals surface area contributed by atoms with Gasteiger partial charge in [0.1, 0.15) is 0 Å². The molecule has 0 amide bonds. The van der Waals surface area contributed by atoms with Crippen LogP contribution in [0, 0.1) is 6.92 Å². The van der Waals surface area contributed by atoms with E-state index in [1.807, 2.05) is 13.0 Å². The molecule has 0 aliphatic carbocycles. The number of pyridine rings is 1. The largest absolute Gasteiger partial charge is 0.312 e. The number of aromatic nitrogens is 1. The second-order valence-corrected chi connectivity index (χ2v) is 2.81. The number of nitrogens with zero attached hydrogens (tertiary/aromatic N) is 1. The van der Waals surface area contributed by atoms with Crippen LogP contribution < -0.4 is 5.56 Å². The Bertz CT molecular complexity index is 341. The number of aryl methyl sites for hydroxylation is 1. The van der Waals surface area contributed by atoms with Gasteiger partial charge >= 0.3 is 0 Å². The first kappa shape index (κ1) is 9.07. The highest BCUT2D eigenvalue weighted by Crippen LogP contribution is 1.91. The number of hydrogen-bond donors (Lipinski definition) is 0. The maximum absolute atomic E-state index is 11.2. The van der Waals surface area contributed by atoms with Crippen molar-refractivity contribution in [3.8, 4) is 0 Å². The fourth-order valence-corrected chi connectivity index (χ4v) is 0.991. The minimum Gasteiger partial charge on any atom is -0.312 e. The van der Waals surface area contributed by atoms with E-state index in [4.69, 9.17) is 11.6 Å². The summed E-state index contributed by atoms with van der Waals surface area (Å²) in [6.45, 7) is 2.42. The van der Waals surface area contributed by atoms with E-state index in [2.05, 4.69) is 0 Å². The summed E-state index contributed by atoms with van der Waals surface area (Å²) in [6.07, 6.45) is 3.48. The summed E-state index contributed by atoms with van der Waals surface area (Å²) >= 11 is 5.34. The summed E-state index contributed by atoms with van der Waals surface area (Å²) in [4.78, 5) is 11.2. The molecule has 0 N–H and O–H groups in total. The molecule has 0 fully saturated rings. The molecule has 0 unspecified atom stereocenters. The Kier molecular flexibility index (Phi) is 3.11. The van der Waals surface area contributed by atoms with Gasteiger partial charge in [-0.2, -0.15) is 0 Å². The lowest BCUT2D eigenvalue weighted by Crippen LogP contribution is -2.17. The molecule has 0 radical (unpaired) electrons. The SMILES string of the molecule is Cc1ccn(C/C=C/Cl)c(=O)c1. The molecule has 1 heterocycles. The average molecular weight is 184 g/mol. The van der Waals surface area contributed by atoms with Crippen molar-refractivity contribution >= 4 is 11.6 Å². The zero-order valence-corrected chi connectivity index (χ0v) is 7.58. The fourth-order valence-electron chi connectivity index (χ4n) is 0.911. The highest BCUT2D eigenvalue weighted by atomic mass is 35.5. The van der Waals surface area contributed by atoms with E-state index in [1.54, 1.807) is 22.9 Å². The van der Waals surface area contributed by atoms with Crippen molar-refractivity contribution in [1.29, 1.82) is 0 Å². The summed E-state index contributed by atoms with van der Waals surface area (Å²) in [7, 11) is 0. The first-order chi connectivity index (χ1) is 5.74. The standard InChI is InChI=1S/C9H10ClNO/c1-8-3-6-11(5-2-4-10)9(12)7-8/h2-4,6-7H,5H2,1H3/b4-2+. The molecular formula is C9H10ClNO. The van der Waals surface area contributed by atoms with Gasteiger partial charge in [0.2, 0.25) is 0 Å². The van der Waals surface area contributed by atoms with Gasteiger partial charge < -0.3 is 4.57 Å². The third kappa shape index (κ3) is 2.24. The van der Waals surface area contributed by atoms with Crippen LogP contribution in [0.25, 0.3) is 0 Å². The summed E-state index contributed by atoms with van der Waals surface area (Å²) in [5.74, 6) is 0. The molecule has 12 heavy (non-hydrogen) atoms. The molecule has 0 atom stereocenters. The van der Waals surface area contributed by atoms with Crippen LogP contribution in [0.2, 0.25) is 0 Å². The van der Waals surface area contributed by atoms with Crippen LogP contribution in [0.15, 0.2) is 34.7 Å². The normalized spacial score (nSPS) is 10.8. The van der Waals surface area contributed by atoms with Gasteiger partial charge in [-0.3, -0.25) is 4.79 Å². The summed E-state index contributed by atoms with van der Waals surface area (Å²) < 4.78 is 1.59. The molecule has 64 valence electrons. The molecule has 2 nitrogen and oxygen atoms in total. The Hall–Kier alpha value is -1.02. The van der Waals surface area contributed by atoms with E-state index in [-0.39, 0.29) is 5.56 Å². The van der Waals surface area contributed by atoms with Gasteiger partial charge in [-0.25, -0.2) is 0 Å². The lowest BCUT2D eigenvalue weighted by molar-refractivity contribution is 0.777. The molecule has 0 bridgehead atoms. The molecule has 0 aliphatic heterocycles. The van der Waals surface area contributed by atoms with Crippen molar-refractivity contribution in [3.63, 3.8) is 0 Å². The van der Waals surface area contributed by atoms with E-state index in [0.717, 1.165) is 5.56 Å². The van der Waals surface area contributed by atoms with Gasteiger partial charge in [0.25, 0.3) is 5.56 Å². The van der Waals surface area contributed by atoms with Crippen LogP contribution in [0.1, 0.15) is 5.56 Å². The zero-order valence-electron chi connectivity index (χ0n) is 6.83. The summed E-state index contributed by atoms with van der Waals surface area (Å²) in [5.41, 5.74) is 2.39. The van der Waals surface area contributed by atoms with Crippen LogP contribution in [-0.4, -0.2) is 4.57 Å². The molecule has 3 heteroatoms. The Morgan fingerprint density at radius 1 is 1.67 bits per heavy atom. The lowest BCUT2D eigenvalue weighted by atomic mass is 10.3. The number of hydrogen-bond acceptors (Lipinski definition) is 1. The Morgan fingerprint density at radius 3 is 3.00 bits per heavy atom. The number of rotatable bonds is 2. The molecule has 1 rings (SSSR count). The van der Waals surface area contributed by atoms with E-state index in [0.29, 0.717) is 6.54 Å². The van der Waals surface area contributed by atoms with Crippen molar-refractivity contribution in [1.82, 2.24) is 4.57 Å². The highest BCUT2D eigenvalue weighted by Gasteiger charge is 1.91. The van der Waals surface area contributed by atoms with E-state index >= 15 is 0 Å². The minimum atomic E-state index is 0.00441. The molecular weight excluding hydrogens is 174 g/mol.